The number of likely N-dealkylation sites (tertiary alicyclic amines) is 1. The van der Waals surface area contributed by atoms with Crippen LogP contribution in [0.2, 0.25) is 0 Å². The molecule has 1 amide bonds. The van der Waals surface area contributed by atoms with Crippen LogP contribution < -0.4 is 5.73 Å². The lowest BCUT2D eigenvalue weighted by Gasteiger charge is -2.31. The standard InChI is InChI=1S/C15H28N2O/c1-12-6-3-2-4-9-17(12)15(18)11-13-7-5-8-14(16)10-13/h12-14H,2-11,16H2,1H3. The van der Waals surface area contributed by atoms with Gasteiger partial charge in [0.05, 0.1) is 0 Å². The second kappa shape index (κ2) is 6.55. The van der Waals surface area contributed by atoms with Gasteiger partial charge in [0.2, 0.25) is 5.91 Å². The fourth-order valence-electron chi connectivity index (χ4n) is 3.53. The summed E-state index contributed by atoms with van der Waals surface area (Å²) >= 11 is 0. The molecule has 1 saturated heterocycles. The summed E-state index contributed by atoms with van der Waals surface area (Å²) in [6.07, 6.45) is 10.2. The van der Waals surface area contributed by atoms with Crippen molar-refractivity contribution in [2.24, 2.45) is 11.7 Å². The van der Waals surface area contributed by atoms with Crippen LogP contribution in [0.15, 0.2) is 0 Å². The Morgan fingerprint density at radius 1 is 1.17 bits per heavy atom. The normalized spacial score (nSPS) is 34.1. The van der Waals surface area contributed by atoms with Crippen LogP contribution in [0.3, 0.4) is 0 Å². The molecule has 0 radical (unpaired) electrons. The van der Waals surface area contributed by atoms with Crippen molar-refractivity contribution in [3.63, 3.8) is 0 Å². The van der Waals surface area contributed by atoms with Gasteiger partial charge in [-0.1, -0.05) is 19.3 Å². The van der Waals surface area contributed by atoms with Crippen molar-refractivity contribution < 1.29 is 4.79 Å². The zero-order chi connectivity index (χ0) is 13.0. The molecule has 0 aromatic carbocycles. The SMILES string of the molecule is CC1CCCCCN1C(=O)CC1CCCC(N)C1. The molecule has 2 fully saturated rings. The van der Waals surface area contributed by atoms with Gasteiger partial charge in [0.15, 0.2) is 0 Å². The molecule has 1 aliphatic heterocycles. The number of carbonyl (C=O) groups is 1. The average molecular weight is 252 g/mol. The van der Waals surface area contributed by atoms with Gasteiger partial charge in [0.25, 0.3) is 0 Å². The maximum atomic E-state index is 12.4. The minimum Gasteiger partial charge on any atom is -0.340 e. The molecule has 0 aromatic heterocycles. The Morgan fingerprint density at radius 3 is 2.78 bits per heavy atom. The first-order chi connectivity index (χ1) is 8.66. The Kier molecular flexibility index (Phi) is 5.04. The minimum atomic E-state index is 0.332. The van der Waals surface area contributed by atoms with E-state index in [1.807, 2.05) is 0 Å². The summed E-state index contributed by atoms with van der Waals surface area (Å²) in [5.74, 6) is 0.917. The van der Waals surface area contributed by atoms with Crippen LogP contribution in [-0.4, -0.2) is 29.4 Å². The molecule has 0 spiro atoms. The van der Waals surface area contributed by atoms with Gasteiger partial charge in [0, 0.05) is 25.0 Å². The van der Waals surface area contributed by atoms with Crippen molar-refractivity contribution in [3.05, 3.63) is 0 Å². The van der Waals surface area contributed by atoms with E-state index < -0.39 is 0 Å². The Morgan fingerprint density at radius 2 is 2.00 bits per heavy atom. The third kappa shape index (κ3) is 3.71. The molecule has 2 aliphatic rings. The maximum absolute atomic E-state index is 12.4. The highest BCUT2D eigenvalue weighted by molar-refractivity contribution is 5.76. The van der Waals surface area contributed by atoms with Crippen LogP contribution in [-0.2, 0) is 4.79 Å². The molecular weight excluding hydrogens is 224 g/mol. The Bertz CT molecular complexity index is 280. The third-order valence-electron chi connectivity index (χ3n) is 4.66. The maximum Gasteiger partial charge on any atom is 0.223 e. The van der Waals surface area contributed by atoms with Gasteiger partial charge in [-0.3, -0.25) is 4.79 Å². The average Bonchev–Trinajstić information content (AvgIpc) is 2.54. The predicted molar refractivity (Wildman–Crippen MR) is 74.2 cm³/mol. The molecule has 18 heavy (non-hydrogen) atoms. The molecular formula is C15H28N2O. The molecule has 3 unspecified atom stereocenters. The molecule has 104 valence electrons. The molecule has 2 N–H and O–H groups in total. The quantitative estimate of drug-likeness (QED) is 0.821. The van der Waals surface area contributed by atoms with E-state index in [2.05, 4.69) is 11.8 Å². The minimum absolute atomic E-state index is 0.332. The van der Waals surface area contributed by atoms with Gasteiger partial charge < -0.3 is 10.6 Å². The summed E-state index contributed by atoms with van der Waals surface area (Å²) in [7, 11) is 0. The van der Waals surface area contributed by atoms with Crippen molar-refractivity contribution in [1.82, 2.24) is 4.90 Å². The molecule has 0 bridgehead atoms. The second-order valence-corrected chi connectivity index (χ2v) is 6.28. The molecule has 1 aliphatic carbocycles. The van der Waals surface area contributed by atoms with Crippen molar-refractivity contribution in [1.29, 1.82) is 0 Å². The zero-order valence-corrected chi connectivity index (χ0v) is 11.7. The van der Waals surface area contributed by atoms with Gasteiger partial charge in [-0.15, -0.1) is 0 Å². The van der Waals surface area contributed by atoms with Crippen molar-refractivity contribution in [3.8, 4) is 0 Å². The summed E-state index contributed by atoms with van der Waals surface area (Å²) in [5, 5.41) is 0. The number of hydrogen-bond acceptors (Lipinski definition) is 2. The Labute approximate surface area is 111 Å². The predicted octanol–water partition coefficient (Wildman–Crippen LogP) is 2.69. The van der Waals surface area contributed by atoms with Crippen LogP contribution in [0.4, 0.5) is 0 Å². The fourth-order valence-corrected chi connectivity index (χ4v) is 3.53. The van der Waals surface area contributed by atoms with Crippen molar-refractivity contribution in [2.45, 2.75) is 76.8 Å². The number of nitrogens with zero attached hydrogens (tertiary/aromatic N) is 1. The van der Waals surface area contributed by atoms with Crippen LogP contribution in [0.5, 0.6) is 0 Å². The highest BCUT2D eigenvalue weighted by Crippen LogP contribution is 2.27. The van der Waals surface area contributed by atoms with Gasteiger partial charge in [-0.05, 0) is 44.9 Å². The molecule has 3 heteroatoms. The van der Waals surface area contributed by atoms with Gasteiger partial charge in [0.1, 0.15) is 0 Å². The first-order valence-electron chi connectivity index (χ1n) is 7.72. The lowest BCUT2D eigenvalue weighted by molar-refractivity contribution is -0.134. The van der Waals surface area contributed by atoms with Crippen molar-refractivity contribution in [2.75, 3.05) is 6.54 Å². The largest absolute Gasteiger partial charge is 0.340 e. The first kappa shape index (κ1) is 13.9. The monoisotopic (exact) mass is 252 g/mol. The molecule has 3 atom stereocenters. The summed E-state index contributed by atoms with van der Waals surface area (Å²) < 4.78 is 0. The zero-order valence-electron chi connectivity index (χ0n) is 11.7. The third-order valence-corrected chi connectivity index (χ3v) is 4.66. The second-order valence-electron chi connectivity index (χ2n) is 6.28. The lowest BCUT2D eigenvalue weighted by atomic mass is 9.84. The van der Waals surface area contributed by atoms with E-state index >= 15 is 0 Å². The van der Waals surface area contributed by atoms with Crippen LogP contribution in [0.25, 0.3) is 0 Å². The number of rotatable bonds is 2. The van der Waals surface area contributed by atoms with Crippen LogP contribution in [0, 0.1) is 5.92 Å². The fraction of sp³-hybridized carbons (Fsp3) is 0.933. The van der Waals surface area contributed by atoms with E-state index in [-0.39, 0.29) is 0 Å². The number of nitrogens with two attached hydrogens (primary N) is 1. The summed E-state index contributed by atoms with van der Waals surface area (Å²) in [6.45, 7) is 3.18. The van der Waals surface area contributed by atoms with E-state index in [0.29, 0.717) is 23.9 Å². The number of hydrogen-bond donors (Lipinski definition) is 1. The van der Waals surface area contributed by atoms with Gasteiger partial charge >= 0.3 is 0 Å². The molecule has 2 rings (SSSR count). The molecule has 3 nitrogen and oxygen atoms in total. The number of carbonyl (C=O) groups excluding carboxylic acids is 1. The number of amides is 1. The summed E-state index contributed by atoms with van der Waals surface area (Å²) in [5.41, 5.74) is 6.01. The van der Waals surface area contributed by atoms with Gasteiger partial charge in [-0.2, -0.15) is 0 Å². The lowest BCUT2D eigenvalue weighted by Crippen LogP contribution is -2.40. The molecule has 0 aromatic rings. The van der Waals surface area contributed by atoms with Crippen LogP contribution in [0.1, 0.15) is 64.7 Å². The van der Waals surface area contributed by atoms with Gasteiger partial charge in [-0.25, -0.2) is 0 Å². The first-order valence-corrected chi connectivity index (χ1v) is 7.72. The molecule has 1 saturated carbocycles. The van der Waals surface area contributed by atoms with E-state index in [0.717, 1.165) is 25.8 Å². The van der Waals surface area contributed by atoms with Crippen LogP contribution >= 0.6 is 0 Å². The summed E-state index contributed by atoms with van der Waals surface area (Å²) in [4.78, 5) is 14.6. The Balaban J connectivity index is 1.85. The van der Waals surface area contributed by atoms with E-state index in [4.69, 9.17) is 5.73 Å². The van der Waals surface area contributed by atoms with E-state index in [9.17, 15) is 4.79 Å². The van der Waals surface area contributed by atoms with Crippen molar-refractivity contribution >= 4 is 5.91 Å². The van der Waals surface area contributed by atoms with E-state index in [1.165, 1.54) is 38.5 Å². The smallest absolute Gasteiger partial charge is 0.223 e. The highest BCUT2D eigenvalue weighted by Gasteiger charge is 2.26. The van der Waals surface area contributed by atoms with E-state index in [1.54, 1.807) is 0 Å². The Hall–Kier alpha value is -0.570. The summed E-state index contributed by atoms with van der Waals surface area (Å²) in [6, 6.07) is 0.773. The topological polar surface area (TPSA) is 46.3 Å². The highest BCUT2D eigenvalue weighted by atomic mass is 16.2. The molecule has 1 heterocycles.